The lowest BCUT2D eigenvalue weighted by Gasteiger charge is -2.28. The van der Waals surface area contributed by atoms with E-state index in [1.165, 1.54) is 44.9 Å². The molecule has 0 spiro atoms. The van der Waals surface area contributed by atoms with Crippen LogP contribution in [0.2, 0.25) is 0 Å². The molecule has 0 heterocycles. The van der Waals surface area contributed by atoms with E-state index in [0.717, 1.165) is 18.3 Å². The van der Waals surface area contributed by atoms with Crippen LogP contribution in [-0.2, 0) is 0 Å². The molecule has 2 atom stereocenters. The lowest BCUT2D eigenvalue weighted by Crippen LogP contribution is -2.16. The summed E-state index contributed by atoms with van der Waals surface area (Å²) in [5.41, 5.74) is 0. The lowest BCUT2D eigenvalue weighted by molar-refractivity contribution is 0.231. The molecular weight excluding hydrogens is 160 g/mol. The Morgan fingerprint density at radius 1 is 1.08 bits per heavy atom. The molecule has 0 saturated heterocycles. The van der Waals surface area contributed by atoms with Gasteiger partial charge in [-0.2, -0.15) is 0 Å². The first-order valence-corrected chi connectivity index (χ1v) is 5.95. The molecule has 1 N–H and O–H groups in total. The largest absolute Gasteiger partial charge is 0.396 e. The topological polar surface area (TPSA) is 20.2 Å². The zero-order valence-electron chi connectivity index (χ0n) is 8.97. The fraction of sp³-hybridized carbons (Fsp3) is 1.00. The van der Waals surface area contributed by atoms with Crippen LogP contribution in [0.3, 0.4) is 0 Å². The van der Waals surface area contributed by atoms with E-state index >= 15 is 0 Å². The number of aliphatic hydroxyl groups excluding tert-OH is 1. The van der Waals surface area contributed by atoms with Crippen molar-refractivity contribution in [3.05, 3.63) is 0 Å². The molecule has 1 nitrogen and oxygen atoms in total. The van der Waals surface area contributed by atoms with Gasteiger partial charge in [-0.15, -0.1) is 0 Å². The van der Waals surface area contributed by atoms with Crippen LogP contribution in [-0.4, -0.2) is 11.7 Å². The van der Waals surface area contributed by atoms with E-state index in [9.17, 15) is 0 Å². The molecule has 0 aromatic carbocycles. The molecule has 1 rings (SSSR count). The molecule has 2 unspecified atom stereocenters. The summed E-state index contributed by atoms with van der Waals surface area (Å²) >= 11 is 0. The van der Waals surface area contributed by atoms with Crippen LogP contribution < -0.4 is 0 Å². The van der Waals surface area contributed by atoms with E-state index in [1.54, 1.807) is 0 Å². The molecule has 0 bridgehead atoms. The molecule has 1 aliphatic rings. The van der Waals surface area contributed by atoms with Gasteiger partial charge in [-0.05, 0) is 18.3 Å². The second-order valence-electron chi connectivity index (χ2n) is 4.59. The van der Waals surface area contributed by atoms with E-state index in [1.807, 2.05) is 0 Å². The molecule has 13 heavy (non-hydrogen) atoms. The van der Waals surface area contributed by atoms with E-state index < -0.39 is 0 Å². The maximum Gasteiger partial charge on any atom is 0.0431 e. The van der Waals surface area contributed by atoms with Gasteiger partial charge in [-0.25, -0.2) is 0 Å². The number of hydrogen-bond donors (Lipinski definition) is 1. The number of hydrogen-bond acceptors (Lipinski definition) is 1. The van der Waals surface area contributed by atoms with Crippen molar-refractivity contribution in [2.75, 3.05) is 6.61 Å². The van der Waals surface area contributed by atoms with Gasteiger partial charge in [0.15, 0.2) is 0 Å². The molecule has 0 amide bonds. The van der Waals surface area contributed by atoms with Gasteiger partial charge in [-0.3, -0.25) is 0 Å². The second-order valence-corrected chi connectivity index (χ2v) is 4.59. The third-order valence-electron chi connectivity index (χ3n) is 3.52. The molecule has 0 aromatic heterocycles. The van der Waals surface area contributed by atoms with Gasteiger partial charge in [0.25, 0.3) is 0 Å². The molecule has 0 aliphatic heterocycles. The molecule has 0 radical (unpaired) electrons. The normalized spacial score (nSPS) is 29.1. The molecule has 0 aromatic rings. The highest BCUT2D eigenvalue weighted by molar-refractivity contribution is 4.71. The highest BCUT2D eigenvalue weighted by Gasteiger charge is 2.20. The molecule has 1 aliphatic carbocycles. The van der Waals surface area contributed by atoms with Crippen LogP contribution in [0.15, 0.2) is 0 Å². The standard InChI is InChI=1S/C12H24O/c1-11-7-4-5-9-12(11)8-3-2-6-10-13/h11-13H,2-10H2,1H3. The Hall–Kier alpha value is -0.0400. The van der Waals surface area contributed by atoms with Crippen molar-refractivity contribution >= 4 is 0 Å². The van der Waals surface area contributed by atoms with Crippen molar-refractivity contribution in [1.29, 1.82) is 0 Å². The highest BCUT2D eigenvalue weighted by Crippen LogP contribution is 2.32. The van der Waals surface area contributed by atoms with E-state index in [-0.39, 0.29) is 0 Å². The van der Waals surface area contributed by atoms with Crippen molar-refractivity contribution in [3.8, 4) is 0 Å². The third kappa shape index (κ3) is 4.12. The van der Waals surface area contributed by atoms with E-state index in [4.69, 9.17) is 5.11 Å². The SMILES string of the molecule is CC1CCCCC1CCCCCO. The van der Waals surface area contributed by atoms with Gasteiger partial charge in [0.2, 0.25) is 0 Å². The van der Waals surface area contributed by atoms with Crippen LogP contribution in [0.25, 0.3) is 0 Å². The summed E-state index contributed by atoms with van der Waals surface area (Å²) in [6, 6.07) is 0. The summed E-state index contributed by atoms with van der Waals surface area (Å²) < 4.78 is 0. The minimum absolute atomic E-state index is 0.375. The zero-order chi connectivity index (χ0) is 9.52. The fourth-order valence-electron chi connectivity index (χ4n) is 2.52. The lowest BCUT2D eigenvalue weighted by atomic mass is 9.78. The number of rotatable bonds is 5. The van der Waals surface area contributed by atoms with Gasteiger partial charge in [0, 0.05) is 6.61 Å². The van der Waals surface area contributed by atoms with Crippen LogP contribution in [0.4, 0.5) is 0 Å². The Kier molecular flexibility index (Phi) is 5.45. The highest BCUT2D eigenvalue weighted by atomic mass is 16.2. The second kappa shape index (κ2) is 6.42. The number of aliphatic hydroxyl groups is 1. The summed E-state index contributed by atoms with van der Waals surface area (Å²) in [5, 5.41) is 8.66. The van der Waals surface area contributed by atoms with Crippen LogP contribution in [0.1, 0.15) is 58.3 Å². The molecule has 1 saturated carbocycles. The fourth-order valence-corrected chi connectivity index (χ4v) is 2.52. The predicted octanol–water partition coefficient (Wildman–Crippen LogP) is 3.37. The first-order valence-electron chi connectivity index (χ1n) is 5.95. The summed E-state index contributed by atoms with van der Waals surface area (Å²) in [5.74, 6) is 1.95. The average Bonchev–Trinajstić information content (AvgIpc) is 2.15. The minimum Gasteiger partial charge on any atom is -0.396 e. The van der Waals surface area contributed by atoms with Crippen LogP contribution >= 0.6 is 0 Å². The minimum atomic E-state index is 0.375. The summed E-state index contributed by atoms with van der Waals surface area (Å²) in [6.07, 6.45) is 10.8. The molecular formula is C12H24O. The predicted molar refractivity (Wildman–Crippen MR) is 56.7 cm³/mol. The molecule has 78 valence electrons. The monoisotopic (exact) mass is 184 g/mol. The first kappa shape index (κ1) is 11.0. The van der Waals surface area contributed by atoms with Gasteiger partial charge in [0.1, 0.15) is 0 Å². The van der Waals surface area contributed by atoms with Crippen LogP contribution in [0.5, 0.6) is 0 Å². The van der Waals surface area contributed by atoms with Crippen molar-refractivity contribution in [1.82, 2.24) is 0 Å². The van der Waals surface area contributed by atoms with Crippen molar-refractivity contribution < 1.29 is 5.11 Å². The number of unbranched alkanes of at least 4 members (excludes halogenated alkanes) is 2. The molecule has 1 heteroatoms. The van der Waals surface area contributed by atoms with Crippen molar-refractivity contribution in [2.24, 2.45) is 11.8 Å². The third-order valence-corrected chi connectivity index (χ3v) is 3.52. The zero-order valence-corrected chi connectivity index (χ0v) is 8.97. The smallest absolute Gasteiger partial charge is 0.0431 e. The van der Waals surface area contributed by atoms with Gasteiger partial charge in [0.05, 0.1) is 0 Å². The Labute approximate surface area is 82.5 Å². The Morgan fingerprint density at radius 3 is 2.54 bits per heavy atom. The van der Waals surface area contributed by atoms with Gasteiger partial charge >= 0.3 is 0 Å². The van der Waals surface area contributed by atoms with Gasteiger partial charge in [-0.1, -0.05) is 51.9 Å². The van der Waals surface area contributed by atoms with Gasteiger partial charge < -0.3 is 5.11 Å². The summed E-state index contributed by atoms with van der Waals surface area (Å²) in [4.78, 5) is 0. The van der Waals surface area contributed by atoms with Crippen molar-refractivity contribution in [3.63, 3.8) is 0 Å². The maximum absolute atomic E-state index is 8.66. The van der Waals surface area contributed by atoms with E-state index in [2.05, 4.69) is 6.92 Å². The maximum atomic E-state index is 8.66. The summed E-state index contributed by atoms with van der Waals surface area (Å²) in [6.45, 7) is 2.79. The quantitative estimate of drug-likeness (QED) is 0.649. The Morgan fingerprint density at radius 2 is 1.85 bits per heavy atom. The van der Waals surface area contributed by atoms with E-state index in [0.29, 0.717) is 6.61 Å². The Bertz CT molecular complexity index is 122. The first-order chi connectivity index (χ1) is 6.34. The Balaban J connectivity index is 2.05. The van der Waals surface area contributed by atoms with Crippen molar-refractivity contribution in [2.45, 2.75) is 58.3 Å². The van der Waals surface area contributed by atoms with Crippen LogP contribution in [0, 0.1) is 11.8 Å². The average molecular weight is 184 g/mol. The molecule has 1 fully saturated rings. The summed E-state index contributed by atoms with van der Waals surface area (Å²) in [7, 11) is 0.